The van der Waals surface area contributed by atoms with E-state index in [2.05, 4.69) is 6.92 Å². The summed E-state index contributed by atoms with van der Waals surface area (Å²) in [6, 6.07) is 9.66. The lowest BCUT2D eigenvalue weighted by Crippen LogP contribution is -2.41. The first kappa shape index (κ1) is 10.2. The van der Waals surface area contributed by atoms with Gasteiger partial charge < -0.3 is 0 Å². The van der Waals surface area contributed by atoms with Crippen molar-refractivity contribution in [1.29, 1.82) is 0 Å². The number of nitrogens with zero attached hydrogens (tertiary/aromatic N) is 1. The third kappa shape index (κ3) is 1.88. The number of amides is 1. The second-order valence-electron chi connectivity index (χ2n) is 4.12. The van der Waals surface area contributed by atoms with Gasteiger partial charge in [0.2, 0.25) is 0 Å². The summed E-state index contributed by atoms with van der Waals surface area (Å²) >= 11 is 0. The van der Waals surface area contributed by atoms with Crippen LogP contribution in [0.5, 0.6) is 0 Å². The average molecular weight is 205 g/mol. The number of hydrogen-bond donors (Lipinski definition) is 1. The molecule has 0 aliphatic carbocycles. The van der Waals surface area contributed by atoms with Crippen molar-refractivity contribution in [3.05, 3.63) is 35.9 Å². The lowest BCUT2D eigenvalue weighted by molar-refractivity contribution is -0.175. The standard InChI is InChI=1S/C12H15NO2/c1-9-7-8-13(15)12(14)11(9)10-5-3-2-4-6-10/h2-6,9,11,15H,7-8H2,1H3. The van der Waals surface area contributed by atoms with Gasteiger partial charge in [-0.25, -0.2) is 5.06 Å². The molecule has 1 amide bonds. The summed E-state index contributed by atoms with van der Waals surface area (Å²) in [5, 5.41) is 10.3. The van der Waals surface area contributed by atoms with E-state index in [0.717, 1.165) is 17.0 Å². The molecule has 3 nitrogen and oxygen atoms in total. The van der Waals surface area contributed by atoms with Crippen LogP contribution >= 0.6 is 0 Å². The van der Waals surface area contributed by atoms with Gasteiger partial charge in [-0.2, -0.15) is 0 Å². The van der Waals surface area contributed by atoms with E-state index < -0.39 is 0 Å². The van der Waals surface area contributed by atoms with Crippen LogP contribution in [0.2, 0.25) is 0 Å². The van der Waals surface area contributed by atoms with Gasteiger partial charge in [0.25, 0.3) is 5.91 Å². The highest BCUT2D eigenvalue weighted by Crippen LogP contribution is 2.32. The fourth-order valence-corrected chi connectivity index (χ4v) is 2.14. The van der Waals surface area contributed by atoms with Crippen LogP contribution < -0.4 is 0 Å². The van der Waals surface area contributed by atoms with Gasteiger partial charge in [-0.3, -0.25) is 10.0 Å². The quantitative estimate of drug-likeness (QED) is 0.713. The Bertz CT molecular complexity index is 350. The zero-order valence-corrected chi connectivity index (χ0v) is 8.76. The minimum Gasteiger partial charge on any atom is -0.286 e. The summed E-state index contributed by atoms with van der Waals surface area (Å²) in [4.78, 5) is 11.8. The van der Waals surface area contributed by atoms with Crippen LogP contribution in [0.25, 0.3) is 0 Å². The van der Waals surface area contributed by atoms with E-state index in [0.29, 0.717) is 12.5 Å². The minimum atomic E-state index is -0.190. The first-order valence-electron chi connectivity index (χ1n) is 5.25. The van der Waals surface area contributed by atoms with Crippen molar-refractivity contribution in [2.75, 3.05) is 6.54 Å². The highest BCUT2D eigenvalue weighted by atomic mass is 16.5. The summed E-state index contributed by atoms with van der Waals surface area (Å²) in [5.74, 6) is -0.0757. The van der Waals surface area contributed by atoms with E-state index >= 15 is 0 Å². The SMILES string of the molecule is CC1CCN(O)C(=O)C1c1ccccc1. The van der Waals surface area contributed by atoms with Crippen LogP contribution in [0.3, 0.4) is 0 Å². The van der Waals surface area contributed by atoms with Gasteiger partial charge in [0, 0.05) is 6.54 Å². The fourth-order valence-electron chi connectivity index (χ4n) is 2.14. The number of rotatable bonds is 1. The largest absolute Gasteiger partial charge is 0.286 e. The van der Waals surface area contributed by atoms with Crippen LogP contribution in [-0.4, -0.2) is 22.7 Å². The molecule has 15 heavy (non-hydrogen) atoms. The minimum absolute atomic E-state index is 0.181. The third-order valence-corrected chi connectivity index (χ3v) is 3.04. The molecule has 1 aromatic rings. The second kappa shape index (κ2) is 4.03. The molecule has 0 radical (unpaired) electrons. The highest BCUT2D eigenvalue weighted by Gasteiger charge is 2.34. The number of piperidine rings is 1. The zero-order chi connectivity index (χ0) is 10.8. The molecule has 3 heteroatoms. The van der Waals surface area contributed by atoms with Crippen LogP contribution in [0, 0.1) is 5.92 Å². The predicted octanol–water partition coefficient (Wildman–Crippen LogP) is 2.03. The summed E-state index contributed by atoms with van der Waals surface area (Å²) < 4.78 is 0. The molecule has 2 unspecified atom stereocenters. The summed E-state index contributed by atoms with van der Waals surface area (Å²) in [6.45, 7) is 2.51. The molecule has 1 fully saturated rings. The van der Waals surface area contributed by atoms with Crippen molar-refractivity contribution in [2.45, 2.75) is 19.3 Å². The van der Waals surface area contributed by atoms with Gasteiger partial charge in [-0.15, -0.1) is 0 Å². The Morgan fingerprint density at radius 2 is 2.00 bits per heavy atom. The summed E-state index contributed by atoms with van der Waals surface area (Å²) in [6.07, 6.45) is 0.849. The van der Waals surface area contributed by atoms with Crippen LogP contribution in [0.15, 0.2) is 30.3 Å². The van der Waals surface area contributed by atoms with E-state index in [1.807, 2.05) is 30.3 Å². The Labute approximate surface area is 89.3 Å². The molecular formula is C12H15NO2. The molecule has 2 atom stereocenters. The fraction of sp³-hybridized carbons (Fsp3) is 0.417. The molecule has 1 N–H and O–H groups in total. The Hall–Kier alpha value is -1.35. The monoisotopic (exact) mass is 205 g/mol. The van der Waals surface area contributed by atoms with Crippen LogP contribution in [-0.2, 0) is 4.79 Å². The van der Waals surface area contributed by atoms with E-state index in [1.165, 1.54) is 0 Å². The molecule has 0 spiro atoms. The molecule has 1 heterocycles. The Morgan fingerprint density at radius 1 is 1.33 bits per heavy atom. The molecular weight excluding hydrogens is 190 g/mol. The first-order valence-corrected chi connectivity index (χ1v) is 5.25. The van der Waals surface area contributed by atoms with E-state index in [4.69, 9.17) is 0 Å². The van der Waals surface area contributed by atoms with Crippen molar-refractivity contribution >= 4 is 5.91 Å². The number of carbonyl (C=O) groups is 1. The Morgan fingerprint density at radius 3 is 2.67 bits per heavy atom. The summed E-state index contributed by atoms with van der Waals surface area (Å²) in [7, 11) is 0. The maximum absolute atomic E-state index is 11.8. The lowest BCUT2D eigenvalue weighted by atomic mass is 9.82. The van der Waals surface area contributed by atoms with Crippen molar-refractivity contribution in [3.8, 4) is 0 Å². The molecule has 0 aromatic heterocycles. The van der Waals surface area contributed by atoms with Gasteiger partial charge in [0.05, 0.1) is 5.92 Å². The average Bonchev–Trinajstić information content (AvgIpc) is 2.26. The summed E-state index contributed by atoms with van der Waals surface area (Å²) in [5.41, 5.74) is 0.994. The second-order valence-corrected chi connectivity index (χ2v) is 4.12. The first-order chi connectivity index (χ1) is 7.20. The molecule has 1 saturated heterocycles. The van der Waals surface area contributed by atoms with Crippen LogP contribution in [0.1, 0.15) is 24.8 Å². The Kier molecular flexibility index (Phi) is 2.73. The van der Waals surface area contributed by atoms with Gasteiger partial charge in [-0.05, 0) is 17.9 Å². The van der Waals surface area contributed by atoms with Gasteiger partial charge >= 0.3 is 0 Å². The smallest absolute Gasteiger partial charge is 0.253 e. The molecule has 0 saturated carbocycles. The van der Waals surface area contributed by atoms with Gasteiger partial charge in [-0.1, -0.05) is 37.3 Å². The molecule has 1 aromatic carbocycles. The number of carbonyl (C=O) groups excluding carboxylic acids is 1. The van der Waals surface area contributed by atoms with Gasteiger partial charge in [0.15, 0.2) is 0 Å². The lowest BCUT2D eigenvalue weighted by Gasteiger charge is -2.32. The number of benzene rings is 1. The molecule has 1 aliphatic rings. The number of hydroxylamine groups is 2. The molecule has 80 valence electrons. The maximum atomic E-state index is 11.8. The number of hydrogen-bond acceptors (Lipinski definition) is 2. The molecule has 2 rings (SSSR count). The Balaban J connectivity index is 2.30. The van der Waals surface area contributed by atoms with Crippen LogP contribution in [0.4, 0.5) is 0 Å². The van der Waals surface area contributed by atoms with Crippen molar-refractivity contribution in [2.24, 2.45) is 5.92 Å². The van der Waals surface area contributed by atoms with Crippen molar-refractivity contribution in [1.82, 2.24) is 5.06 Å². The topological polar surface area (TPSA) is 40.5 Å². The molecule has 1 aliphatic heterocycles. The van der Waals surface area contributed by atoms with E-state index in [1.54, 1.807) is 0 Å². The zero-order valence-electron chi connectivity index (χ0n) is 8.76. The molecule has 0 bridgehead atoms. The normalized spacial score (nSPS) is 26.8. The maximum Gasteiger partial charge on any atom is 0.253 e. The van der Waals surface area contributed by atoms with Gasteiger partial charge in [0.1, 0.15) is 0 Å². The van der Waals surface area contributed by atoms with E-state index in [9.17, 15) is 10.0 Å². The van der Waals surface area contributed by atoms with Crippen molar-refractivity contribution < 1.29 is 10.0 Å². The predicted molar refractivity (Wildman–Crippen MR) is 56.5 cm³/mol. The third-order valence-electron chi connectivity index (χ3n) is 3.04. The highest BCUT2D eigenvalue weighted by molar-refractivity contribution is 5.83. The van der Waals surface area contributed by atoms with Crippen molar-refractivity contribution in [3.63, 3.8) is 0 Å². The van der Waals surface area contributed by atoms with E-state index in [-0.39, 0.29) is 11.8 Å².